The van der Waals surface area contributed by atoms with Crippen LogP contribution in [0.1, 0.15) is 0 Å². The first-order chi connectivity index (χ1) is 12.5. The van der Waals surface area contributed by atoms with E-state index in [1.165, 1.54) is 0 Å². The summed E-state index contributed by atoms with van der Waals surface area (Å²) in [6.45, 7) is 0. The second kappa shape index (κ2) is 6.78. The van der Waals surface area contributed by atoms with Crippen LogP contribution in [0.25, 0.3) is 0 Å². The lowest BCUT2D eigenvalue weighted by Gasteiger charge is -2.38. The molecule has 1 aromatic rings. The van der Waals surface area contributed by atoms with Crippen molar-refractivity contribution in [2.75, 3.05) is 11.9 Å². The van der Waals surface area contributed by atoms with Crippen LogP contribution in [0.3, 0.4) is 0 Å². The minimum atomic E-state index is -7.48. The number of nitrogens with two attached hydrogens (primary N) is 1. The summed E-state index contributed by atoms with van der Waals surface area (Å²) in [6, 6.07) is -6.82. The smallest absolute Gasteiger partial charge is 0.306 e. The highest BCUT2D eigenvalue weighted by molar-refractivity contribution is 7.89. The van der Waals surface area contributed by atoms with Crippen molar-refractivity contribution in [2.24, 2.45) is 5.14 Å². The summed E-state index contributed by atoms with van der Waals surface area (Å²) in [7, 11) is -6.22. The summed E-state index contributed by atoms with van der Waals surface area (Å²) in [5.41, 5.74) is -2.92. The van der Waals surface area contributed by atoms with Crippen molar-refractivity contribution in [2.45, 2.75) is 29.0 Å². The molecule has 0 bridgehead atoms. The van der Waals surface area contributed by atoms with Gasteiger partial charge in [-0.3, -0.25) is 0 Å². The average Bonchev–Trinajstić information content (AvgIpc) is 2.50. The van der Waals surface area contributed by atoms with Crippen LogP contribution in [0, 0.1) is 23.3 Å². The maximum atomic E-state index is 13.8. The number of halogens is 13. The second-order valence-electron chi connectivity index (χ2n) is 5.23. The third-order valence-corrected chi connectivity index (χ3v) is 4.30. The van der Waals surface area contributed by atoms with E-state index in [0.29, 0.717) is 0 Å². The standard InChI is InChI=1S/C11H5F13N2O2S/c1-26(11(23,24)9(18,19)8(16,17)10(20,21)22)6-2(12)4(14)7(29(25,27)28)5(15)3(6)13/h1H3,(H2,25,27,28). The minimum Gasteiger partial charge on any atom is -0.306 e. The van der Waals surface area contributed by atoms with Gasteiger partial charge in [-0.25, -0.2) is 31.1 Å². The Morgan fingerprint density at radius 3 is 1.34 bits per heavy atom. The molecule has 0 aromatic heterocycles. The van der Waals surface area contributed by atoms with Crippen molar-refractivity contribution in [3.05, 3.63) is 23.3 Å². The lowest BCUT2D eigenvalue weighted by molar-refractivity contribution is -0.395. The largest absolute Gasteiger partial charge is 0.460 e. The van der Waals surface area contributed by atoms with Crippen LogP contribution in [0.4, 0.5) is 62.8 Å². The van der Waals surface area contributed by atoms with Gasteiger partial charge >= 0.3 is 24.1 Å². The maximum absolute atomic E-state index is 13.8. The summed E-state index contributed by atoms with van der Waals surface area (Å²) in [5.74, 6) is -27.3. The monoisotopic (exact) mass is 476 g/mol. The molecule has 0 heterocycles. The summed E-state index contributed by atoms with van der Waals surface area (Å²) in [5, 5.41) is 4.24. The van der Waals surface area contributed by atoms with Crippen molar-refractivity contribution in [3.8, 4) is 0 Å². The van der Waals surface area contributed by atoms with Crippen molar-refractivity contribution in [1.82, 2.24) is 0 Å². The van der Waals surface area contributed by atoms with E-state index in [2.05, 4.69) is 5.14 Å². The molecular weight excluding hydrogens is 471 g/mol. The SMILES string of the molecule is CN(c1c(F)c(F)c(S(N)(=O)=O)c(F)c1F)C(F)(F)C(F)(F)C(F)(F)C(F)(F)F. The number of anilines is 1. The minimum absolute atomic E-state index is 0.614. The first-order valence-electron chi connectivity index (χ1n) is 6.37. The topological polar surface area (TPSA) is 63.4 Å². The molecule has 0 spiro atoms. The highest BCUT2D eigenvalue weighted by Gasteiger charge is 2.83. The van der Waals surface area contributed by atoms with Gasteiger partial charge in [-0.2, -0.15) is 39.5 Å². The van der Waals surface area contributed by atoms with Gasteiger partial charge in [0.2, 0.25) is 10.0 Å². The zero-order valence-corrected chi connectivity index (χ0v) is 14.0. The van der Waals surface area contributed by atoms with Gasteiger partial charge in [0.1, 0.15) is 5.69 Å². The Morgan fingerprint density at radius 1 is 0.724 bits per heavy atom. The summed E-state index contributed by atoms with van der Waals surface area (Å²) >= 11 is 0. The number of nitrogens with zero attached hydrogens (tertiary/aromatic N) is 1. The van der Waals surface area contributed by atoms with Crippen molar-refractivity contribution in [1.29, 1.82) is 0 Å². The molecule has 0 aliphatic rings. The molecule has 18 heteroatoms. The maximum Gasteiger partial charge on any atom is 0.460 e. The Bertz CT molecular complexity index is 897. The lowest BCUT2D eigenvalue weighted by atomic mass is 10.1. The molecule has 0 unspecified atom stereocenters. The van der Waals surface area contributed by atoms with E-state index in [4.69, 9.17) is 0 Å². The third kappa shape index (κ3) is 3.55. The van der Waals surface area contributed by atoms with Crippen molar-refractivity contribution < 1.29 is 65.5 Å². The Morgan fingerprint density at radius 2 is 1.07 bits per heavy atom. The van der Waals surface area contributed by atoms with E-state index in [9.17, 15) is 65.5 Å². The molecule has 0 saturated heterocycles. The number of benzene rings is 1. The molecule has 0 aliphatic heterocycles. The molecule has 0 radical (unpaired) electrons. The molecular formula is C11H5F13N2O2S. The van der Waals surface area contributed by atoms with E-state index in [-0.39, 0.29) is 0 Å². The van der Waals surface area contributed by atoms with Gasteiger partial charge in [-0.1, -0.05) is 0 Å². The molecule has 168 valence electrons. The number of rotatable bonds is 5. The Labute approximate surface area is 151 Å². The van der Waals surface area contributed by atoms with Crippen LogP contribution < -0.4 is 10.0 Å². The van der Waals surface area contributed by atoms with E-state index in [0.717, 1.165) is 0 Å². The number of hydrogen-bond donors (Lipinski definition) is 1. The van der Waals surface area contributed by atoms with Crippen LogP contribution in [0.2, 0.25) is 0 Å². The molecule has 0 atom stereocenters. The quantitative estimate of drug-likeness (QED) is 0.400. The van der Waals surface area contributed by atoms with E-state index in [1.54, 1.807) is 0 Å². The predicted octanol–water partition coefficient (Wildman–Crippen LogP) is 3.75. The lowest BCUT2D eigenvalue weighted by Crippen LogP contribution is -2.66. The van der Waals surface area contributed by atoms with Gasteiger partial charge in [0.05, 0.1) is 0 Å². The molecule has 1 aromatic carbocycles. The van der Waals surface area contributed by atoms with Crippen molar-refractivity contribution in [3.63, 3.8) is 0 Å². The highest BCUT2D eigenvalue weighted by atomic mass is 32.2. The number of primary sulfonamides is 1. The van der Waals surface area contributed by atoms with Gasteiger partial charge in [0.25, 0.3) is 0 Å². The van der Waals surface area contributed by atoms with Gasteiger partial charge < -0.3 is 4.90 Å². The fourth-order valence-corrected chi connectivity index (χ4v) is 2.54. The number of sulfonamides is 1. The molecule has 2 N–H and O–H groups in total. The van der Waals surface area contributed by atoms with Crippen LogP contribution in [0.15, 0.2) is 4.90 Å². The fourth-order valence-electron chi connectivity index (χ4n) is 1.86. The fraction of sp³-hybridized carbons (Fsp3) is 0.455. The average molecular weight is 476 g/mol. The van der Waals surface area contributed by atoms with Gasteiger partial charge in [-0.05, 0) is 0 Å². The van der Waals surface area contributed by atoms with Gasteiger partial charge in [0, 0.05) is 7.05 Å². The van der Waals surface area contributed by atoms with Gasteiger partial charge in [-0.15, -0.1) is 0 Å². The first-order valence-corrected chi connectivity index (χ1v) is 7.92. The molecule has 4 nitrogen and oxygen atoms in total. The molecule has 0 saturated carbocycles. The molecule has 29 heavy (non-hydrogen) atoms. The third-order valence-electron chi connectivity index (χ3n) is 3.37. The second-order valence-corrected chi connectivity index (χ2v) is 6.72. The Balaban J connectivity index is 3.82. The van der Waals surface area contributed by atoms with Crippen molar-refractivity contribution >= 4 is 15.7 Å². The zero-order valence-electron chi connectivity index (χ0n) is 13.2. The van der Waals surface area contributed by atoms with E-state index < -0.39 is 79.9 Å². The normalized spacial score (nSPS) is 14.3. The van der Waals surface area contributed by atoms with Crippen LogP contribution >= 0.6 is 0 Å². The molecule has 1 rings (SSSR count). The van der Waals surface area contributed by atoms with Crippen LogP contribution in [-0.4, -0.2) is 39.5 Å². The zero-order chi connectivity index (χ0) is 23.5. The van der Waals surface area contributed by atoms with E-state index in [1.807, 2.05) is 0 Å². The summed E-state index contributed by atoms with van der Waals surface area (Å²) in [4.78, 5) is -4.53. The highest BCUT2D eigenvalue weighted by Crippen LogP contribution is 2.54. The summed E-state index contributed by atoms with van der Waals surface area (Å²) in [6.07, 6.45) is -7.29. The Hall–Kier alpha value is -1.98. The molecule has 0 fully saturated rings. The van der Waals surface area contributed by atoms with Crippen LogP contribution in [0.5, 0.6) is 0 Å². The van der Waals surface area contributed by atoms with Crippen LogP contribution in [-0.2, 0) is 10.0 Å². The van der Waals surface area contributed by atoms with Gasteiger partial charge in [0.15, 0.2) is 28.2 Å². The Kier molecular flexibility index (Phi) is 5.86. The molecule has 0 amide bonds. The first kappa shape index (κ1) is 25.1. The number of alkyl halides is 9. The summed E-state index contributed by atoms with van der Waals surface area (Å²) < 4.78 is 193. The predicted molar refractivity (Wildman–Crippen MR) is 66.9 cm³/mol. The number of hydrogen-bond acceptors (Lipinski definition) is 3. The molecule has 0 aliphatic carbocycles. The van der Waals surface area contributed by atoms with E-state index >= 15 is 0 Å².